The van der Waals surface area contributed by atoms with Crippen LogP contribution >= 0.6 is 23.4 Å². The molecule has 110 valence electrons. The Balaban J connectivity index is 1.74. The molecule has 0 unspecified atom stereocenters. The average Bonchev–Trinajstić information content (AvgIpc) is 3.31. The number of ether oxygens (including phenoxy) is 1. The zero-order chi connectivity index (χ0) is 14.8. The van der Waals surface area contributed by atoms with Crippen LogP contribution in [0.4, 0.5) is 0 Å². The van der Waals surface area contributed by atoms with E-state index in [0.717, 1.165) is 18.4 Å². The van der Waals surface area contributed by atoms with Crippen molar-refractivity contribution in [3.8, 4) is 5.75 Å². The maximum absolute atomic E-state index is 12.3. The first-order valence-electron chi connectivity index (χ1n) is 6.71. The van der Waals surface area contributed by atoms with Crippen molar-refractivity contribution in [3.05, 3.63) is 51.5 Å². The van der Waals surface area contributed by atoms with Gasteiger partial charge >= 0.3 is 0 Å². The first-order valence-corrected chi connectivity index (χ1v) is 8.08. The normalized spacial score (nSPS) is 14.2. The summed E-state index contributed by atoms with van der Waals surface area (Å²) in [5, 5.41) is 1.11. The maximum atomic E-state index is 12.3. The van der Waals surface area contributed by atoms with E-state index in [0.29, 0.717) is 27.6 Å². The number of aromatic nitrogens is 2. The molecule has 0 N–H and O–H groups in total. The van der Waals surface area contributed by atoms with E-state index < -0.39 is 0 Å². The van der Waals surface area contributed by atoms with E-state index in [-0.39, 0.29) is 5.56 Å². The van der Waals surface area contributed by atoms with Crippen LogP contribution in [-0.2, 0) is 5.75 Å². The van der Waals surface area contributed by atoms with Crippen molar-refractivity contribution in [3.63, 3.8) is 0 Å². The summed E-state index contributed by atoms with van der Waals surface area (Å²) >= 11 is 7.54. The van der Waals surface area contributed by atoms with Crippen molar-refractivity contribution in [2.75, 3.05) is 7.11 Å². The molecule has 21 heavy (non-hydrogen) atoms. The quantitative estimate of drug-likeness (QED) is 0.790. The lowest BCUT2D eigenvalue weighted by atomic mass is 10.2. The molecule has 1 aliphatic carbocycles. The molecule has 0 aliphatic heterocycles. The molecule has 1 aliphatic rings. The number of thioether (sulfide) groups is 1. The average molecular weight is 323 g/mol. The molecule has 3 rings (SSSR count). The van der Waals surface area contributed by atoms with Gasteiger partial charge in [-0.2, -0.15) is 0 Å². The molecule has 1 heterocycles. The zero-order valence-corrected chi connectivity index (χ0v) is 13.2. The van der Waals surface area contributed by atoms with E-state index in [1.165, 1.54) is 11.8 Å². The minimum absolute atomic E-state index is 0.00427. The Hall–Kier alpha value is -1.46. The van der Waals surface area contributed by atoms with Crippen LogP contribution < -0.4 is 10.3 Å². The molecule has 0 bridgehead atoms. The van der Waals surface area contributed by atoms with Gasteiger partial charge in [0.1, 0.15) is 5.75 Å². The van der Waals surface area contributed by atoms with Gasteiger partial charge in [-0.1, -0.05) is 29.4 Å². The van der Waals surface area contributed by atoms with Crippen LogP contribution in [0.15, 0.2) is 40.4 Å². The van der Waals surface area contributed by atoms with Crippen molar-refractivity contribution in [1.29, 1.82) is 0 Å². The smallest absolute Gasteiger partial charge is 0.283 e. The molecule has 0 spiro atoms. The van der Waals surface area contributed by atoms with E-state index in [4.69, 9.17) is 16.3 Å². The predicted octanol–water partition coefficient (Wildman–Crippen LogP) is 3.53. The third-order valence-corrected chi connectivity index (χ3v) is 4.70. The summed E-state index contributed by atoms with van der Waals surface area (Å²) < 4.78 is 6.91. The Morgan fingerprint density at radius 2 is 2.29 bits per heavy atom. The van der Waals surface area contributed by atoms with E-state index in [1.807, 2.05) is 18.2 Å². The molecular formula is C15H15ClN2O2S. The largest absolute Gasteiger partial charge is 0.495 e. The highest BCUT2D eigenvalue weighted by Crippen LogP contribution is 2.33. The van der Waals surface area contributed by atoms with Crippen LogP contribution in [0.1, 0.15) is 24.4 Å². The number of methoxy groups -OCH3 is 1. The fourth-order valence-corrected chi connectivity index (χ4v) is 3.22. The molecule has 1 aromatic heterocycles. The Labute approximate surface area is 132 Å². The number of hydrogen-bond acceptors (Lipinski definition) is 4. The van der Waals surface area contributed by atoms with Gasteiger partial charge < -0.3 is 9.30 Å². The zero-order valence-electron chi connectivity index (χ0n) is 11.6. The third kappa shape index (κ3) is 3.24. The van der Waals surface area contributed by atoms with Crippen LogP contribution in [-0.4, -0.2) is 16.7 Å². The molecule has 6 heteroatoms. The van der Waals surface area contributed by atoms with Gasteiger partial charge in [0, 0.05) is 24.2 Å². The highest BCUT2D eigenvalue weighted by Gasteiger charge is 2.25. The number of nitrogens with zero attached hydrogens (tertiary/aromatic N) is 2. The first-order chi connectivity index (χ1) is 10.2. The second-order valence-corrected chi connectivity index (χ2v) is 6.30. The fraction of sp³-hybridized carbons (Fsp3) is 0.333. The lowest BCUT2D eigenvalue weighted by molar-refractivity contribution is 0.415. The van der Waals surface area contributed by atoms with E-state index in [9.17, 15) is 4.79 Å². The molecular weight excluding hydrogens is 308 g/mol. The Kier molecular flexibility index (Phi) is 4.22. The van der Waals surface area contributed by atoms with Crippen molar-refractivity contribution >= 4 is 23.4 Å². The predicted molar refractivity (Wildman–Crippen MR) is 84.3 cm³/mol. The Morgan fingerprint density at radius 1 is 1.48 bits per heavy atom. The molecule has 1 saturated carbocycles. The van der Waals surface area contributed by atoms with Gasteiger partial charge in [-0.25, -0.2) is 4.98 Å². The molecule has 0 atom stereocenters. The van der Waals surface area contributed by atoms with Crippen LogP contribution in [0, 0.1) is 0 Å². The minimum Gasteiger partial charge on any atom is -0.495 e. The second kappa shape index (κ2) is 6.12. The number of hydrogen-bond donors (Lipinski definition) is 0. The number of halogens is 1. The molecule has 0 radical (unpaired) electrons. The highest BCUT2D eigenvalue weighted by atomic mass is 35.5. The van der Waals surface area contributed by atoms with Crippen molar-refractivity contribution in [2.24, 2.45) is 0 Å². The van der Waals surface area contributed by atoms with Crippen LogP contribution in [0.3, 0.4) is 0 Å². The standard InChI is InChI=1S/C15H15ClN2O2S/c1-20-13-5-2-10(8-12(13)16)9-21-14-15(19)18(7-6-17-14)11-3-4-11/h2,5-8,11H,3-4,9H2,1H3. The summed E-state index contributed by atoms with van der Waals surface area (Å²) in [5.74, 6) is 1.31. The molecule has 0 saturated heterocycles. The van der Waals surface area contributed by atoms with Gasteiger partial charge in [-0.05, 0) is 30.5 Å². The van der Waals surface area contributed by atoms with Gasteiger partial charge in [0.2, 0.25) is 0 Å². The lowest BCUT2D eigenvalue weighted by Gasteiger charge is -2.07. The van der Waals surface area contributed by atoms with Crippen molar-refractivity contribution in [2.45, 2.75) is 29.7 Å². The lowest BCUT2D eigenvalue weighted by Crippen LogP contribution is -2.20. The fourth-order valence-electron chi connectivity index (χ4n) is 2.10. The summed E-state index contributed by atoms with van der Waals surface area (Å²) in [6.45, 7) is 0. The molecule has 1 aromatic carbocycles. The van der Waals surface area contributed by atoms with E-state index in [2.05, 4.69) is 4.98 Å². The monoisotopic (exact) mass is 322 g/mol. The van der Waals surface area contributed by atoms with Crippen molar-refractivity contribution < 1.29 is 4.74 Å². The molecule has 2 aromatic rings. The van der Waals surface area contributed by atoms with Crippen LogP contribution in [0.5, 0.6) is 5.75 Å². The summed E-state index contributed by atoms with van der Waals surface area (Å²) in [7, 11) is 1.59. The minimum atomic E-state index is 0.00427. The van der Waals surface area contributed by atoms with Gasteiger partial charge in [-0.3, -0.25) is 4.79 Å². The Morgan fingerprint density at radius 3 is 2.95 bits per heavy atom. The summed E-state index contributed by atoms with van der Waals surface area (Å²) in [6.07, 6.45) is 5.64. The van der Waals surface area contributed by atoms with Gasteiger partial charge in [0.25, 0.3) is 5.56 Å². The number of rotatable bonds is 5. The van der Waals surface area contributed by atoms with Crippen molar-refractivity contribution in [1.82, 2.24) is 9.55 Å². The first kappa shape index (κ1) is 14.5. The second-order valence-electron chi connectivity index (χ2n) is 4.93. The number of benzene rings is 1. The highest BCUT2D eigenvalue weighted by molar-refractivity contribution is 7.98. The third-order valence-electron chi connectivity index (χ3n) is 3.37. The van der Waals surface area contributed by atoms with E-state index in [1.54, 1.807) is 24.1 Å². The summed E-state index contributed by atoms with van der Waals surface area (Å²) in [6, 6.07) is 6.00. The Bertz CT molecular complexity index is 713. The van der Waals surface area contributed by atoms with Gasteiger partial charge in [0.05, 0.1) is 12.1 Å². The van der Waals surface area contributed by atoms with Gasteiger partial charge in [0.15, 0.2) is 5.03 Å². The SMILES string of the molecule is COc1ccc(CSc2nccn(C3CC3)c2=O)cc1Cl. The van der Waals surface area contributed by atoms with Crippen LogP contribution in [0.2, 0.25) is 5.02 Å². The molecule has 0 amide bonds. The molecule has 1 fully saturated rings. The van der Waals surface area contributed by atoms with Crippen LogP contribution in [0.25, 0.3) is 0 Å². The summed E-state index contributed by atoms with van der Waals surface area (Å²) in [5.41, 5.74) is 1.04. The summed E-state index contributed by atoms with van der Waals surface area (Å²) in [4.78, 5) is 16.5. The maximum Gasteiger partial charge on any atom is 0.283 e. The molecule has 4 nitrogen and oxygen atoms in total. The topological polar surface area (TPSA) is 44.1 Å². The van der Waals surface area contributed by atoms with E-state index >= 15 is 0 Å². The van der Waals surface area contributed by atoms with Gasteiger partial charge in [-0.15, -0.1) is 0 Å².